The van der Waals surface area contributed by atoms with E-state index < -0.39 is 11.7 Å². The molecule has 1 heterocycles. The van der Waals surface area contributed by atoms with Crippen LogP contribution in [0.3, 0.4) is 0 Å². The summed E-state index contributed by atoms with van der Waals surface area (Å²) in [6.45, 7) is 0.634. The van der Waals surface area contributed by atoms with Crippen molar-refractivity contribution in [1.82, 2.24) is 19.2 Å². The van der Waals surface area contributed by atoms with Crippen LogP contribution in [0.25, 0.3) is 0 Å². The van der Waals surface area contributed by atoms with E-state index in [-0.39, 0.29) is 12.1 Å². The second-order valence-electron chi connectivity index (χ2n) is 5.80. The number of nitrogens with zero attached hydrogens (tertiary/aromatic N) is 4. The minimum absolute atomic E-state index is 0.235. The lowest BCUT2D eigenvalue weighted by atomic mass is 10.1. The molecule has 0 N–H and O–H groups in total. The summed E-state index contributed by atoms with van der Waals surface area (Å²) in [6.07, 6.45) is -0.743. The van der Waals surface area contributed by atoms with Crippen molar-refractivity contribution < 1.29 is 13.2 Å². The van der Waals surface area contributed by atoms with E-state index >= 15 is 0 Å². The van der Waals surface area contributed by atoms with E-state index in [1.165, 1.54) is 12.1 Å². The Hall–Kier alpha value is -1.67. The molecule has 8 heteroatoms. The van der Waals surface area contributed by atoms with Gasteiger partial charge in [-0.1, -0.05) is 18.2 Å². The molecule has 1 aliphatic carbocycles. The molecule has 0 atom stereocenters. The van der Waals surface area contributed by atoms with E-state index in [0.717, 1.165) is 18.9 Å². The predicted molar refractivity (Wildman–Crippen MR) is 82.0 cm³/mol. The normalized spacial score (nSPS) is 15.3. The van der Waals surface area contributed by atoms with Crippen LogP contribution in [0, 0.1) is 4.77 Å². The maximum absolute atomic E-state index is 13.2. The quantitative estimate of drug-likeness (QED) is 0.777. The number of hydrogen-bond acceptors (Lipinski definition) is 3. The zero-order valence-corrected chi connectivity index (χ0v) is 13.4. The lowest BCUT2D eigenvalue weighted by Gasteiger charge is -2.23. The summed E-state index contributed by atoms with van der Waals surface area (Å²) in [5, 5.41) is 4.19. The van der Waals surface area contributed by atoms with E-state index in [2.05, 4.69) is 5.10 Å². The molecule has 3 rings (SSSR count). The SMILES string of the molecule is Cn1cnn(CN(Cc2ccccc2C(F)(F)F)C2CC2)c1=S. The molecule has 0 spiro atoms. The van der Waals surface area contributed by atoms with Gasteiger partial charge in [0.1, 0.15) is 6.33 Å². The van der Waals surface area contributed by atoms with Gasteiger partial charge in [0, 0.05) is 19.6 Å². The first-order valence-electron chi connectivity index (χ1n) is 7.34. The van der Waals surface area contributed by atoms with Gasteiger partial charge in [-0.2, -0.15) is 18.3 Å². The van der Waals surface area contributed by atoms with Crippen molar-refractivity contribution in [2.75, 3.05) is 0 Å². The molecule has 0 unspecified atom stereocenters. The molecule has 0 aliphatic heterocycles. The number of benzene rings is 1. The summed E-state index contributed by atoms with van der Waals surface area (Å²) >= 11 is 5.26. The molecule has 1 aromatic carbocycles. The Kier molecular flexibility index (Phi) is 4.29. The molecule has 0 amide bonds. The van der Waals surface area contributed by atoms with Crippen LogP contribution in [0.2, 0.25) is 0 Å². The van der Waals surface area contributed by atoms with Gasteiger partial charge in [-0.05, 0) is 36.7 Å². The Bertz CT molecular complexity index is 746. The van der Waals surface area contributed by atoms with Crippen molar-refractivity contribution in [2.45, 2.75) is 38.3 Å². The minimum atomic E-state index is -4.34. The first kappa shape index (κ1) is 16.2. The topological polar surface area (TPSA) is 26.0 Å². The summed E-state index contributed by atoms with van der Waals surface area (Å²) in [4.78, 5) is 2.01. The highest BCUT2D eigenvalue weighted by Crippen LogP contribution is 2.34. The molecule has 1 aliphatic rings. The molecular weight excluding hydrogens is 325 g/mol. The Balaban J connectivity index is 1.84. The average Bonchev–Trinajstić information content (AvgIpc) is 3.29. The molecule has 0 saturated heterocycles. The zero-order chi connectivity index (χ0) is 16.6. The average molecular weight is 342 g/mol. The van der Waals surface area contributed by atoms with Gasteiger partial charge in [-0.25, -0.2) is 4.68 Å². The van der Waals surface area contributed by atoms with Crippen LogP contribution >= 0.6 is 12.2 Å². The van der Waals surface area contributed by atoms with E-state index in [4.69, 9.17) is 12.2 Å². The maximum atomic E-state index is 13.2. The van der Waals surface area contributed by atoms with Gasteiger partial charge in [0.15, 0.2) is 4.77 Å². The molecule has 124 valence electrons. The summed E-state index contributed by atoms with van der Waals surface area (Å²) < 4.78 is 43.4. The third kappa shape index (κ3) is 3.64. The van der Waals surface area contributed by atoms with Crippen LogP contribution in [-0.2, 0) is 26.4 Å². The summed E-state index contributed by atoms with van der Waals surface area (Å²) in [5.41, 5.74) is -0.287. The van der Waals surface area contributed by atoms with E-state index in [1.807, 2.05) is 4.90 Å². The van der Waals surface area contributed by atoms with Crippen molar-refractivity contribution in [3.8, 4) is 0 Å². The Morgan fingerprint density at radius 1 is 1.30 bits per heavy atom. The van der Waals surface area contributed by atoms with Crippen LogP contribution in [-0.4, -0.2) is 25.3 Å². The fourth-order valence-corrected chi connectivity index (χ4v) is 2.73. The van der Waals surface area contributed by atoms with Gasteiger partial charge in [0.05, 0.1) is 12.2 Å². The van der Waals surface area contributed by atoms with Crippen LogP contribution in [0.5, 0.6) is 0 Å². The molecule has 2 aromatic rings. The first-order chi connectivity index (χ1) is 10.9. The highest BCUT2D eigenvalue weighted by Gasteiger charge is 2.35. The van der Waals surface area contributed by atoms with Crippen molar-refractivity contribution in [3.05, 3.63) is 46.5 Å². The van der Waals surface area contributed by atoms with Crippen LogP contribution < -0.4 is 0 Å². The molecule has 1 saturated carbocycles. The first-order valence-corrected chi connectivity index (χ1v) is 7.74. The van der Waals surface area contributed by atoms with Gasteiger partial charge in [0.25, 0.3) is 0 Å². The van der Waals surface area contributed by atoms with E-state index in [0.29, 0.717) is 17.5 Å². The standard InChI is InChI=1S/C15H17F3N4S/c1-20-9-19-22(14(20)23)10-21(12-6-7-12)8-11-4-2-3-5-13(11)15(16,17)18/h2-5,9,12H,6-8,10H2,1H3. The fraction of sp³-hybridized carbons (Fsp3) is 0.467. The number of rotatable bonds is 5. The Morgan fingerprint density at radius 3 is 2.57 bits per heavy atom. The number of aromatic nitrogens is 3. The van der Waals surface area contributed by atoms with Crippen molar-refractivity contribution in [1.29, 1.82) is 0 Å². The highest BCUT2D eigenvalue weighted by atomic mass is 32.1. The predicted octanol–water partition coefficient (Wildman–Crippen LogP) is 3.59. The number of aryl methyl sites for hydroxylation is 1. The van der Waals surface area contributed by atoms with Crippen molar-refractivity contribution in [3.63, 3.8) is 0 Å². The van der Waals surface area contributed by atoms with Gasteiger partial charge >= 0.3 is 6.18 Å². The monoisotopic (exact) mass is 342 g/mol. The van der Waals surface area contributed by atoms with Crippen LogP contribution in [0.15, 0.2) is 30.6 Å². The minimum Gasteiger partial charge on any atom is -0.310 e. The van der Waals surface area contributed by atoms with Crippen LogP contribution in [0.4, 0.5) is 13.2 Å². The maximum Gasteiger partial charge on any atom is 0.416 e. The fourth-order valence-electron chi connectivity index (χ4n) is 2.58. The van der Waals surface area contributed by atoms with Gasteiger partial charge in [-0.3, -0.25) is 4.90 Å². The van der Waals surface area contributed by atoms with E-state index in [1.54, 1.807) is 28.7 Å². The second-order valence-corrected chi connectivity index (χ2v) is 6.16. The Labute approximate surface area is 137 Å². The molecule has 4 nitrogen and oxygen atoms in total. The molecular formula is C15H17F3N4S. The lowest BCUT2D eigenvalue weighted by molar-refractivity contribution is -0.138. The largest absolute Gasteiger partial charge is 0.416 e. The lowest BCUT2D eigenvalue weighted by Crippen LogP contribution is -2.30. The summed E-state index contributed by atoms with van der Waals surface area (Å²) in [6, 6.07) is 6.02. The summed E-state index contributed by atoms with van der Waals surface area (Å²) in [7, 11) is 1.80. The second kappa shape index (κ2) is 6.09. The van der Waals surface area contributed by atoms with E-state index in [9.17, 15) is 13.2 Å². The molecule has 1 fully saturated rings. The molecule has 1 aromatic heterocycles. The van der Waals surface area contributed by atoms with Crippen LogP contribution in [0.1, 0.15) is 24.0 Å². The third-order valence-electron chi connectivity index (χ3n) is 3.96. The van der Waals surface area contributed by atoms with Gasteiger partial charge in [-0.15, -0.1) is 0 Å². The van der Waals surface area contributed by atoms with Gasteiger partial charge in [0.2, 0.25) is 0 Å². The molecule has 23 heavy (non-hydrogen) atoms. The van der Waals surface area contributed by atoms with Gasteiger partial charge < -0.3 is 4.57 Å². The number of alkyl halides is 3. The number of hydrogen-bond donors (Lipinski definition) is 0. The zero-order valence-electron chi connectivity index (χ0n) is 12.6. The van der Waals surface area contributed by atoms with Crippen molar-refractivity contribution in [2.24, 2.45) is 7.05 Å². The molecule has 0 bridgehead atoms. The smallest absolute Gasteiger partial charge is 0.310 e. The molecule has 0 radical (unpaired) electrons. The third-order valence-corrected chi connectivity index (χ3v) is 4.46. The highest BCUT2D eigenvalue weighted by molar-refractivity contribution is 7.71. The summed E-state index contributed by atoms with van der Waals surface area (Å²) in [5.74, 6) is 0. The number of halogens is 3. The van der Waals surface area contributed by atoms with Crippen molar-refractivity contribution >= 4 is 12.2 Å². The Morgan fingerprint density at radius 2 is 2.00 bits per heavy atom.